The lowest BCUT2D eigenvalue weighted by molar-refractivity contribution is -0.115. The maximum absolute atomic E-state index is 11.7. The molecule has 1 heterocycles. The average Bonchev–Trinajstić information content (AvgIpc) is 2.40. The number of amides is 2. The van der Waals surface area contributed by atoms with Crippen LogP contribution in [0.15, 0.2) is 16.6 Å². The standard InChI is InChI=1S/C11H7BrN2O2/c1-2-6-3-4-7(12)9-10(6)14-8(15)5-13-11(9)16/h1,3-4H,5H2,(H,13,16)(H,14,15). The molecule has 2 rings (SSSR count). The summed E-state index contributed by atoms with van der Waals surface area (Å²) in [4.78, 5) is 23.1. The van der Waals surface area contributed by atoms with Crippen LogP contribution >= 0.6 is 15.9 Å². The van der Waals surface area contributed by atoms with E-state index in [-0.39, 0.29) is 18.4 Å². The molecule has 2 N–H and O–H groups in total. The maximum atomic E-state index is 11.7. The third-order valence-electron chi connectivity index (χ3n) is 2.21. The Bertz CT molecular complexity index is 532. The lowest BCUT2D eigenvalue weighted by atomic mass is 10.1. The van der Waals surface area contributed by atoms with Crippen LogP contribution in [0, 0.1) is 12.3 Å². The number of nitrogens with one attached hydrogen (secondary N) is 2. The van der Waals surface area contributed by atoms with Gasteiger partial charge in [0.05, 0.1) is 17.8 Å². The van der Waals surface area contributed by atoms with Gasteiger partial charge in [0.15, 0.2) is 0 Å². The van der Waals surface area contributed by atoms with Gasteiger partial charge in [-0.05, 0) is 28.1 Å². The van der Waals surface area contributed by atoms with E-state index < -0.39 is 0 Å². The number of benzene rings is 1. The van der Waals surface area contributed by atoms with Crippen molar-refractivity contribution in [2.24, 2.45) is 0 Å². The first kappa shape index (κ1) is 10.7. The summed E-state index contributed by atoms with van der Waals surface area (Å²) in [5, 5.41) is 5.11. The molecule has 1 aromatic carbocycles. The minimum absolute atomic E-state index is 0.0516. The van der Waals surface area contributed by atoms with E-state index in [4.69, 9.17) is 6.42 Å². The summed E-state index contributed by atoms with van der Waals surface area (Å²) in [6.45, 7) is -0.0516. The van der Waals surface area contributed by atoms with Crippen LogP contribution in [-0.2, 0) is 4.79 Å². The third-order valence-corrected chi connectivity index (χ3v) is 2.87. The zero-order valence-corrected chi connectivity index (χ0v) is 9.72. The predicted octanol–water partition coefficient (Wildman–Crippen LogP) is 1.11. The number of hydrogen-bond donors (Lipinski definition) is 2. The first-order valence-electron chi connectivity index (χ1n) is 4.50. The van der Waals surface area contributed by atoms with Gasteiger partial charge in [0.25, 0.3) is 5.91 Å². The molecule has 1 aliphatic rings. The number of hydrogen-bond acceptors (Lipinski definition) is 2. The molecule has 1 aliphatic heterocycles. The highest BCUT2D eigenvalue weighted by Gasteiger charge is 2.23. The third kappa shape index (κ3) is 1.68. The van der Waals surface area contributed by atoms with Crippen LogP contribution in [0.5, 0.6) is 0 Å². The van der Waals surface area contributed by atoms with E-state index in [2.05, 4.69) is 32.5 Å². The fraction of sp³-hybridized carbons (Fsp3) is 0.0909. The Hall–Kier alpha value is -1.80. The smallest absolute Gasteiger partial charge is 0.255 e. The molecule has 2 amide bonds. The van der Waals surface area contributed by atoms with Crippen molar-refractivity contribution in [3.8, 4) is 12.3 Å². The first-order chi connectivity index (χ1) is 7.63. The van der Waals surface area contributed by atoms with Crippen molar-refractivity contribution in [3.63, 3.8) is 0 Å². The number of rotatable bonds is 0. The summed E-state index contributed by atoms with van der Waals surface area (Å²) in [6.07, 6.45) is 5.32. The molecule has 4 nitrogen and oxygen atoms in total. The van der Waals surface area contributed by atoms with E-state index in [1.807, 2.05) is 0 Å². The highest BCUT2D eigenvalue weighted by atomic mass is 79.9. The molecule has 0 aliphatic carbocycles. The summed E-state index contributed by atoms with van der Waals surface area (Å²) >= 11 is 3.26. The molecule has 0 saturated heterocycles. The van der Waals surface area contributed by atoms with E-state index in [0.29, 0.717) is 21.3 Å². The molecule has 0 saturated carbocycles. The summed E-state index contributed by atoms with van der Waals surface area (Å²) in [7, 11) is 0. The van der Waals surface area contributed by atoms with E-state index in [0.717, 1.165) is 0 Å². The molecule has 1 aromatic rings. The molecule has 5 heteroatoms. The molecule has 0 spiro atoms. The summed E-state index contributed by atoms with van der Waals surface area (Å²) in [6, 6.07) is 3.35. The molecule has 0 atom stereocenters. The Labute approximate surface area is 101 Å². The second kappa shape index (κ2) is 3.99. The molecule has 0 fully saturated rings. The van der Waals surface area contributed by atoms with Gasteiger partial charge in [0.2, 0.25) is 5.91 Å². The van der Waals surface area contributed by atoms with Crippen molar-refractivity contribution >= 4 is 33.4 Å². The number of carbonyl (C=O) groups is 2. The Morgan fingerprint density at radius 3 is 2.81 bits per heavy atom. The van der Waals surface area contributed by atoms with Gasteiger partial charge in [0.1, 0.15) is 0 Å². The fourth-order valence-electron chi connectivity index (χ4n) is 1.48. The number of terminal acetylenes is 1. The van der Waals surface area contributed by atoms with Gasteiger partial charge in [-0.1, -0.05) is 5.92 Å². The molecule has 0 aromatic heterocycles. The van der Waals surface area contributed by atoms with Crippen molar-refractivity contribution in [3.05, 3.63) is 27.7 Å². The van der Waals surface area contributed by atoms with Crippen molar-refractivity contribution in [1.29, 1.82) is 0 Å². The van der Waals surface area contributed by atoms with Gasteiger partial charge in [-0.15, -0.1) is 6.42 Å². The average molecular weight is 279 g/mol. The SMILES string of the molecule is C#Cc1ccc(Br)c2c1NC(=O)CNC2=O. The first-order valence-corrected chi connectivity index (χ1v) is 5.30. The highest BCUT2D eigenvalue weighted by molar-refractivity contribution is 9.10. The van der Waals surface area contributed by atoms with Crippen LogP contribution in [0.1, 0.15) is 15.9 Å². The fourth-order valence-corrected chi connectivity index (χ4v) is 1.99. The maximum Gasteiger partial charge on any atom is 0.255 e. The quantitative estimate of drug-likeness (QED) is 0.699. The molecule has 0 radical (unpaired) electrons. The highest BCUT2D eigenvalue weighted by Crippen LogP contribution is 2.29. The Balaban J connectivity index is 2.71. The van der Waals surface area contributed by atoms with Crippen LogP contribution in [0.2, 0.25) is 0 Å². The molecule has 80 valence electrons. The summed E-state index contributed by atoms with van der Waals surface area (Å²) < 4.78 is 0.598. The van der Waals surface area contributed by atoms with Crippen LogP contribution in [0.25, 0.3) is 0 Å². The van der Waals surface area contributed by atoms with Crippen LogP contribution in [0.4, 0.5) is 5.69 Å². The number of anilines is 1. The van der Waals surface area contributed by atoms with E-state index in [1.54, 1.807) is 12.1 Å². The van der Waals surface area contributed by atoms with Gasteiger partial charge < -0.3 is 10.6 Å². The molecule has 16 heavy (non-hydrogen) atoms. The topological polar surface area (TPSA) is 58.2 Å². The van der Waals surface area contributed by atoms with Gasteiger partial charge in [-0.3, -0.25) is 9.59 Å². The van der Waals surface area contributed by atoms with Crippen LogP contribution in [0.3, 0.4) is 0 Å². The van der Waals surface area contributed by atoms with E-state index in [9.17, 15) is 9.59 Å². The molecular formula is C11H7BrN2O2. The number of carbonyl (C=O) groups excluding carboxylic acids is 2. The van der Waals surface area contributed by atoms with E-state index in [1.165, 1.54) is 0 Å². The van der Waals surface area contributed by atoms with E-state index >= 15 is 0 Å². The Morgan fingerprint density at radius 1 is 1.38 bits per heavy atom. The largest absolute Gasteiger partial charge is 0.343 e. The van der Waals surface area contributed by atoms with Crippen molar-refractivity contribution in [2.45, 2.75) is 0 Å². The number of fused-ring (bicyclic) bond motifs is 1. The zero-order chi connectivity index (χ0) is 11.7. The monoisotopic (exact) mass is 278 g/mol. The molecular weight excluding hydrogens is 272 g/mol. The van der Waals surface area contributed by atoms with Gasteiger partial charge in [-0.25, -0.2) is 0 Å². The minimum Gasteiger partial charge on any atom is -0.343 e. The van der Waals surface area contributed by atoms with Gasteiger partial charge >= 0.3 is 0 Å². The van der Waals surface area contributed by atoms with Gasteiger partial charge in [0, 0.05) is 10.0 Å². The molecule has 0 bridgehead atoms. The second-order valence-electron chi connectivity index (χ2n) is 3.22. The van der Waals surface area contributed by atoms with Crippen molar-refractivity contribution in [1.82, 2.24) is 5.32 Å². The lowest BCUT2D eigenvalue weighted by Crippen LogP contribution is -2.28. The summed E-state index contributed by atoms with van der Waals surface area (Å²) in [5.41, 5.74) is 1.24. The summed E-state index contributed by atoms with van der Waals surface area (Å²) in [5.74, 6) is 1.82. The van der Waals surface area contributed by atoms with Crippen molar-refractivity contribution < 1.29 is 9.59 Å². The van der Waals surface area contributed by atoms with Crippen molar-refractivity contribution in [2.75, 3.05) is 11.9 Å². The number of halogens is 1. The second-order valence-corrected chi connectivity index (χ2v) is 4.07. The van der Waals surface area contributed by atoms with Gasteiger partial charge in [-0.2, -0.15) is 0 Å². The minimum atomic E-state index is -0.322. The molecule has 0 unspecified atom stereocenters. The predicted molar refractivity (Wildman–Crippen MR) is 63.0 cm³/mol. The normalized spacial score (nSPS) is 14.2. The van der Waals surface area contributed by atoms with Crippen LogP contribution in [-0.4, -0.2) is 18.4 Å². The Kier molecular flexibility index (Phi) is 2.67. The van der Waals surface area contributed by atoms with Crippen LogP contribution < -0.4 is 10.6 Å². The zero-order valence-electron chi connectivity index (χ0n) is 8.13. The lowest BCUT2D eigenvalue weighted by Gasteiger charge is -2.09. The Morgan fingerprint density at radius 2 is 2.12 bits per heavy atom.